The summed E-state index contributed by atoms with van der Waals surface area (Å²) in [7, 11) is 1.77. The molecule has 0 amide bonds. The van der Waals surface area contributed by atoms with Gasteiger partial charge in [0.1, 0.15) is 0 Å². The first-order valence-corrected chi connectivity index (χ1v) is 5.43. The summed E-state index contributed by atoms with van der Waals surface area (Å²) in [6.07, 6.45) is 3.75. The highest BCUT2D eigenvalue weighted by Gasteiger charge is 2.06. The summed E-state index contributed by atoms with van der Waals surface area (Å²) in [5.41, 5.74) is 0. The number of ether oxygens (including phenoxy) is 1. The average molecular weight is 187 g/mol. The van der Waals surface area contributed by atoms with Crippen LogP contribution in [0.25, 0.3) is 0 Å². The smallest absolute Gasteiger partial charge is 0.0462 e. The van der Waals surface area contributed by atoms with Crippen LogP contribution in [0.1, 0.15) is 40.0 Å². The van der Waals surface area contributed by atoms with Crippen LogP contribution in [-0.2, 0) is 4.74 Å². The van der Waals surface area contributed by atoms with Gasteiger partial charge in [-0.3, -0.25) is 0 Å². The number of rotatable bonds is 8. The molecule has 0 saturated carbocycles. The Hall–Kier alpha value is -0.0800. The highest BCUT2D eigenvalue weighted by molar-refractivity contribution is 4.64. The second-order valence-corrected chi connectivity index (χ2v) is 3.93. The molecule has 0 saturated heterocycles. The zero-order chi connectivity index (χ0) is 10.1. The molecule has 0 aliphatic carbocycles. The zero-order valence-corrected chi connectivity index (χ0v) is 9.60. The lowest BCUT2D eigenvalue weighted by molar-refractivity contribution is 0.186. The molecular formula is C11H25NO. The van der Waals surface area contributed by atoms with Crippen LogP contribution in [0.3, 0.4) is 0 Å². The van der Waals surface area contributed by atoms with Crippen LogP contribution in [-0.4, -0.2) is 26.3 Å². The van der Waals surface area contributed by atoms with Crippen molar-refractivity contribution in [2.45, 2.75) is 46.1 Å². The van der Waals surface area contributed by atoms with E-state index in [0.29, 0.717) is 6.04 Å². The Kier molecular flexibility index (Phi) is 8.46. The molecule has 0 aromatic rings. The second-order valence-electron chi connectivity index (χ2n) is 3.93. The Bertz CT molecular complexity index is 106. The quantitative estimate of drug-likeness (QED) is 0.589. The van der Waals surface area contributed by atoms with Gasteiger partial charge in [0.15, 0.2) is 0 Å². The topological polar surface area (TPSA) is 21.3 Å². The summed E-state index contributed by atoms with van der Waals surface area (Å²) in [5.74, 6) is 0.809. The number of methoxy groups -OCH3 is 1. The minimum Gasteiger partial charge on any atom is -0.385 e. The largest absolute Gasteiger partial charge is 0.385 e. The fourth-order valence-corrected chi connectivity index (χ4v) is 1.73. The number of hydrogen-bond acceptors (Lipinski definition) is 2. The zero-order valence-electron chi connectivity index (χ0n) is 9.60. The summed E-state index contributed by atoms with van der Waals surface area (Å²) in [6.45, 7) is 8.72. The first kappa shape index (κ1) is 12.9. The maximum atomic E-state index is 5.03. The lowest BCUT2D eigenvalue weighted by atomic mass is 9.98. The standard InChI is InChI=1S/C11H25NO/c1-5-12-11(3)9-10(2)7-6-8-13-4/h10-12H,5-9H2,1-4H3. The van der Waals surface area contributed by atoms with Crippen LogP contribution in [0.5, 0.6) is 0 Å². The minimum atomic E-state index is 0.655. The molecule has 2 heteroatoms. The second kappa shape index (κ2) is 8.52. The molecule has 80 valence electrons. The van der Waals surface area contributed by atoms with E-state index < -0.39 is 0 Å². The van der Waals surface area contributed by atoms with E-state index in [9.17, 15) is 0 Å². The molecule has 0 aromatic heterocycles. The predicted molar refractivity (Wildman–Crippen MR) is 58.0 cm³/mol. The molecule has 2 atom stereocenters. The molecule has 0 rings (SSSR count). The van der Waals surface area contributed by atoms with Crippen LogP contribution in [0.15, 0.2) is 0 Å². The summed E-state index contributed by atoms with van der Waals surface area (Å²) in [4.78, 5) is 0. The molecule has 13 heavy (non-hydrogen) atoms. The van der Waals surface area contributed by atoms with Gasteiger partial charge in [-0.25, -0.2) is 0 Å². The normalized spacial score (nSPS) is 15.7. The number of hydrogen-bond donors (Lipinski definition) is 1. The highest BCUT2D eigenvalue weighted by Crippen LogP contribution is 2.12. The SMILES string of the molecule is CCNC(C)CC(C)CCCOC. The van der Waals surface area contributed by atoms with Gasteiger partial charge in [0.05, 0.1) is 0 Å². The van der Waals surface area contributed by atoms with Crippen molar-refractivity contribution in [1.82, 2.24) is 5.32 Å². The van der Waals surface area contributed by atoms with E-state index in [2.05, 4.69) is 26.1 Å². The molecule has 1 N–H and O–H groups in total. The van der Waals surface area contributed by atoms with E-state index in [1.165, 1.54) is 19.3 Å². The van der Waals surface area contributed by atoms with Gasteiger partial charge >= 0.3 is 0 Å². The summed E-state index contributed by atoms with van der Waals surface area (Å²) in [5, 5.41) is 3.44. The molecule has 0 bridgehead atoms. The van der Waals surface area contributed by atoms with Crippen LogP contribution < -0.4 is 5.32 Å². The fraction of sp³-hybridized carbons (Fsp3) is 1.00. The maximum absolute atomic E-state index is 5.03. The van der Waals surface area contributed by atoms with Gasteiger partial charge in [0, 0.05) is 19.8 Å². The van der Waals surface area contributed by atoms with Crippen molar-refractivity contribution in [3.63, 3.8) is 0 Å². The molecule has 0 heterocycles. The monoisotopic (exact) mass is 187 g/mol. The molecule has 0 fully saturated rings. The van der Waals surface area contributed by atoms with Gasteiger partial charge < -0.3 is 10.1 Å². The van der Waals surface area contributed by atoms with Crippen molar-refractivity contribution >= 4 is 0 Å². The van der Waals surface area contributed by atoms with Gasteiger partial charge in [-0.05, 0) is 38.6 Å². The third kappa shape index (κ3) is 8.26. The van der Waals surface area contributed by atoms with E-state index in [-0.39, 0.29) is 0 Å². The Balaban J connectivity index is 3.32. The minimum absolute atomic E-state index is 0.655. The van der Waals surface area contributed by atoms with Crippen molar-refractivity contribution in [1.29, 1.82) is 0 Å². The summed E-state index contributed by atoms with van der Waals surface area (Å²) >= 11 is 0. The van der Waals surface area contributed by atoms with E-state index in [0.717, 1.165) is 19.1 Å². The average Bonchev–Trinajstić information content (AvgIpc) is 2.05. The Labute approximate surface area is 83.1 Å². The molecule has 2 unspecified atom stereocenters. The summed E-state index contributed by atoms with van der Waals surface area (Å²) < 4.78 is 5.03. The predicted octanol–water partition coefficient (Wildman–Crippen LogP) is 2.44. The van der Waals surface area contributed by atoms with Crippen molar-refractivity contribution in [3.05, 3.63) is 0 Å². The van der Waals surface area contributed by atoms with Crippen LogP contribution in [0.4, 0.5) is 0 Å². The van der Waals surface area contributed by atoms with Gasteiger partial charge in [-0.15, -0.1) is 0 Å². The van der Waals surface area contributed by atoms with E-state index in [4.69, 9.17) is 4.74 Å². The molecule has 0 aliphatic rings. The van der Waals surface area contributed by atoms with Crippen LogP contribution >= 0.6 is 0 Å². The van der Waals surface area contributed by atoms with Gasteiger partial charge in [-0.1, -0.05) is 13.8 Å². The lowest BCUT2D eigenvalue weighted by Crippen LogP contribution is -2.27. The molecule has 0 aliphatic heterocycles. The van der Waals surface area contributed by atoms with E-state index in [1.807, 2.05) is 0 Å². The molecule has 0 spiro atoms. The maximum Gasteiger partial charge on any atom is 0.0462 e. The Morgan fingerprint density at radius 1 is 1.31 bits per heavy atom. The van der Waals surface area contributed by atoms with Gasteiger partial charge in [-0.2, -0.15) is 0 Å². The van der Waals surface area contributed by atoms with Crippen LogP contribution in [0.2, 0.25) is 0 Å². The first-order valence-electron chi connectivity index (χ1n) is 5.43. The Morgan fingerprint density at radius 3 is 2.54 bits per heavy atom. The molecule has 2 nitrogen and oxygen atoms in total. The van der Waals surface area contributed by atoms with Crippen molar-refractivity contribution in [3.8, 4) is 0 Å². The molecule has 0 radical (unpaired) electrons. The van der Waals surface area contributed by atoms with Crippen LogP contribution in [0, 0.1) is 5.92 Å². The van der Waals surface area contributed by atoms with Gasteiger partial charge in [0.2, 0.25) is 0 Å². The van der Waals surface area contributed by atoms with Crippen molar-refractivity contribution < 1.29 is 4.74 Å². The van der Waals surface area contributed by atoms with Crippen molar-refractivity contribution in [2.75, 3.05) is 20.3 Å². The van der Waals surface area contributed by atoms with E-state index >= 15 is 0 Å². The molecular weight excluding hydrogens is 162 g/mol. The summed E-state index contributed by atoms with van der Waals surface area (Å²) in [6, 6.07) is 0.655. The highest BCUT2D eigenvalue weighted by atomic mass is 16.5. The Morgan fingerprint density at radius 2 is 2.00 bits per heavy atom. The fourth-order valence-electron chi connectivity index (χ4n) is 1.73. The molecule has 0 aromatic carbocycles. The first-order chi connectivity index (χ1) is 6.20. The number of nitrogens with one attached hydrogen (secondary N) is 1. The third-order valence-electron chi connectivity index (χ3n) is 2.35. The van der Waals surface area contributed by atoms with E-state index in [1.54, 1.807) is 7.11 Å². The third-order valence-corrected chi connectivity index (χ3v) is 2.35. The van der Waals surface area contributed by atoms with Crippen molar-refractivity contribution in [2.24, 2.45) is 5.92 Å². The van der Waals surface area contributed by atoms with Gasteiger partial charge in [0.25, 0.3) is 0 Å². The lowest BCUT2D eigenvalue weighted by Gasteiger charge is -2.17.